The van der Waals surface area contributed by atoms with Crippen LogP contribution in [0.25, 0.3) is 0 Å². The first kappa shape index (κ1) is 8.14. The third-order valence-corrected chi connectivity index (χ3v) is 1.60. The molecule has 0 fully saturated rings. The van der Waals surface area contributed by atoms with E-state index >= 15 is 0 Å². The summed E-state index contributed by atoms with van der Waals surface area (Å²) in [6.07, 6.45) is 2.05. The normalized spacial score (nSPS) is 10.1. The maximum Gasteiger partial charge on any atom is 0.0534 e. The monoisotopic (exact) mass is 153 g/mol. The number of rotatable bonds is 3. The van der Waals surface area contributed by atoms with Crippen molar-refractivity contribution in [3.05, 3.63) is 24.0 Å². The van der Waals surface area contributed by atoms with Crippen LogP contribution in [0.1, 0.15) is 5.69 Å². The van der Waals surface area contributed by atoms with Crippen molar-refractivity contribution in [2.24, 2.45) is 0 Å². The van der Waals surface area contributed by atoms with Gasteiger partial charge in [-0.15, -0.1) is 0 Å². The van der Waals surface area contributed by atoms with E-state index in [1.165, 1.54) is 5.69 Å². The van der Waals surface area contributed by atoms with E-state index in [9.17, 15) is 0 Å². The highest BCUT2D eigenvalue weighted by Crippen LogP contribution is 2.00. The van der Waals surface area contributed by atoms with Crippen LogP contribution in [-0.4, -0.2) is 25.8 Å². The van der Waals surface area contributed by atoms with E-state index in [-0.39, 0.29) is 0 Å². The molecule has 1 aromatic rings. The average Bonchev–Trinajstić information content (AvgIpc) is 2.36. The Morgan fingerprint density at radius 3 is 2.82 bits per heavy atom. The molecule has 11 heavy (non-hydrogen) atoms. The van der Waals surface area contributed by atoms with Gasteiger partial charge in [0.2, 0.25) is 0 Å². The molecule has 0 aliphatic carbocycles. The molecule has 0 saturated carbocycles. The van der Waals surface area contributed by atoms with Gasteiger partial charge in [0, 0.05) is 26.8 Å². The lowest BCUT2D eigenvalue weighted by Gasteiger charge is -2.17. The van der Waals surface area contributed by atoms with Crippen LogP contribution in [0.2, 0.25) is 0 Å². The first-order valence-corrected chi connectivity index (χ1v) is 3.74. The van der Waals surface area contributed by atoms with Crippen molar-refractivity contribution >= 4 is 0 Å². The largest absolute Gasteiger partial charge is 0.319 e. The maximum atomic E-state index is 3.12. The maximum absolute atomic E-state index is 3.12. The highest BCUT2D eigenvalue weighted by molar-refractivity contribution is 5.09. The molecule has 1 heterocycles. The molecule has 0 aliphatic rings. The summed E-state index contributed by atoms with van der Waals surface area (Å²) in [4.78, 5) is 0. The van der Waals surface area contributed by atoms with Gasteiger partial charge in [-0.2, -0.15) is 0 Å². The van der Waals surface area contributed by atoms with Crippen molar-refractivity contribution in [3.63, 3.8) is 0 Å². The second-order valence-electron chi connectivity index (χ2n) is 2.72. The van der Waals surface area contributed by atoms with Crippen LogP contribution >= 0.6 is 0 Å². The molecule has 3 nitrogen and oxygen atoms in total. The van der Waals surface area contributed by atoms with E-state index in [0.29, 0.717) is 0 Å². The van der Waals surface area contributed by atoms with Crippen molar-refractivity contribution < 1.29 is 0 Å². The van der Waals surface area contributed by atoms with Crippen LogP contribution in [-0.2, 0) is 6.54 Å². The average molecular weight is 153 g/mol. The van der Waals surface area contributed by atoms with E-state index in [4.69, 9.17) is 0 Å². The van der Waals surface area contributed by atoms with Crippen molar-refractivity contribution in [3.8, 4) is 0 Å². The summed E-state index contributed by atoms with van der Waals surface area (Å²) < 4.78 is 2.11. The first-order chi connectivity index (χ1) is 5.25. The summed E-state index contributed by atoms with van der Waals surface area (Å²) in [7, 11) is 6.01. The lowest BCUT2D eigenvalue weighted by molar-refractivity contribution is 0.660. The third-order valence-electron chi connectivity index (χ3n) is 1.60. The molecule has 1 aromatic heterocycles. The molecule has 62 valence electrons. The van der Waals surface area contributed by atoms with Gasteiger partial charge < -0.3 is 10.3 Å². The summed E-state index contributed by atoms with van der Waals surface area (Å²) >= 11 is 0. The summed E-state index contributed by atoms with van der Waals surface area (Å²) in [5, 5.41) is 5.17. The topological polar surface area (TPSA) is 20.2 Å². The predicted octanol–water partition coefficient (Wildman–Crippen LogP) is 0.405. The molecular weight excluding hydrogens is 138 g/mol. The minimum absolute atomic E-state index is 0.908. The molecule has 0 spiro atoms. The molecule has 0 atom stereocenters. The Bertz CT molecular complexity index is 215. The van der Waals surface area contributed by atoms with Crippen molar-refractivity contribution in [2.75, 3.05) is 26.2 Å². The Labute approximate surface area is 67.6 Å². The first-order valence-electron chi connectivity index (χ1n) is 3.74. The van der Waals surface area contributed by atoms with Gasteiger partial charge >= 0.3 is 0 Å². The SMILES string of the molecule is CNCc1cccn1N(C)C. The fourth-order valence-corrected chi connectivity index (χ4v) is 1.12. The van der Waals surface area contributed by atoms with Crippen LogP contribution in [0, 0.1) is 0 Å². The van der Waals surface area contributed by atoms with Crippen LogP contribution < -0.4 is 10.3 Å². The number of nitrogens with zero attached hydrogens (tertiary/aromatic N) is 2. The van der Waals surface area contributed by atoms with Crippen molar-refractivity contribution in [1.82, 2.24) is 9.99 Å². The zero-order valence-corrected chi connectivity index (χ0v) is 7.33. The van der Waals surface area contributed by atoms with Gasteiger partial charge in [0.1, 0.15) is 0 Å². The van der Waals surface area contributed by atoms with Crippen LogP contribution in [0.5, 0.6) is 0 Å². The Morgan fingerprint density at radius 1 is 1.55 bits per heavy atom. The molecule has 0 aliphatic heterocycles. The standard InChI is InChI=1S/C8H15N3/c1-9-7-8-5-4-6-11(8)10(2)3/h4-6,9H,7H2,1-3H3. The molecule has 0 saturated heterocycles. The summed E-state index contributed by atoms with van der Waals surface area (Å²) in [5.41, 5.74) is 1.28. The summed E-state index contributed by atoms with van der Waals surface area (Å²) in [6.45, 7) is 0.908. The Hall–Kier alpha value is -0.960. The second kappa shape index (κ2) is 3.44. The Balaban J connectivity index is 2.78. The number of hydrogen-bond acceptors (Lipinski definition) is 2. The van der Waals surface area contributed by atoms with Gasteiger partial charge in [0.05, 0.1) is 5.69 Å². The van der Waals surface area contributed by atoms with E-state index in [2.05, 4.69) is 16.1 Å². The van der Waals surface area contributed by atoms with Gasteiger partial charge in [0.25, 0.3) is 0 Å². The second-order valence-corrected chi connectivity index (χ2v) is 2.72. The molecule has 1 rings (SSSR count). The van der Waals surface area contributed by atoms with Crippen LogP contribution in [0.15, 0.2) is 18.3 Å². The van der Waals surface area contributed by atoms with Crippen molar-refractivity contribution in [2.45, 2.75) is 6.54 Å². The molecule has 3 heteroatoms. The van der Waals surface area contributed by atoms with E-state index < -0.39 is 0 Å². The number of hydrogen-bond donors (Lipinski definition) is 1. The quantitative estimate of drug-likeness (QED) is 0.678. The number of aromatic nitrogens is 1. The van der Waals surface area contributed by atoms with Gasteiger partial charge in [-0.3, -0.25) is 4.68 Å². The van der Waals surface area contributed by atoms with E-state index in [1.54, 1.807) is 0 Å². The minimum Gasteiger partial charge on any atom is -0.319 e. The van der Waals surface area contributed by atoms with Gasteiger partial charge in [-0.05, 0) is 19.2 Å². The highest BCUT2D eigenvalue weighted by atomic mass is 15.5. The predicted molar refractivity (Wildman–Crippen MR) is 47.3 cm³/mol. The zero-order chi connectivity index (χ0) is 8.27. The molecule has 1 N–H and O–H groups in total. The zero-order valence-electron chi connectivity index (χ0n) is 7.33. The van der Waals surface area contributed by atoms with Gasteiger partial charge in [-0.25, -0.2) is 0 Å². The molecule has 0 amide bonds. The van der Waals surface area contributed by atoms with Crippen molar-refractivity contribution in [1.29, 1.82) is 0 Å². The minimum atomic E-state index is 0.908. The lowest BCUT2D eigenvalue weighted by Crippen LogP contribution is -2.27. The lowest BCUT2D eigenvalue weighted by atomic mass is 10.4. The fourth-order valence-electron chi connectivity index (χ4n) is 1.12. The smallest absolute Gasteiger partial charge is 0.0534 e. The van der Waals surface area contributed by atoms with Crippen LogP contribution in [0.4, 0.5) is 0 Å². The third kappa shape index (κ3) is 1.74. The molecule has 0 unspecified atom stereocenters. The summed E-state index contributed by atoms with van der Waals surface area (Å²) in [6, 6.07) is 4.16. The Kier molecular flexibility index (Phi) is 2.54. The van der Waals surface area contributed by atoms with Gasteiger partial charge in [0.15, 0.2) is 0 Å². The fraction of sp³-hybridized carbons (Fsp3) is 0.500. The highest BCUT2D eigenvalue weighted by Gasteiger charge is 1.98. The molecule has 0 radical (unpaired) electrons. The number of nitrogens with one attached hydrogen (secondary N) is 1. The molecule has 0 bridgehead atoms. The molecule has 0 aromatic carbocycles. The van der Waals surface area contributed by atoms with E-state index in [0.717, 1.165) is 6.54 Å². The van der Waals surface area contributed by atoms with Crippen LogP contribution in [0.3, 0.4) is 0 Å². The van der Waals surface area contributed by atoms with Gasteiger partial charge in [-0.1, -0.05) is 0 Å². The summed E-state index contributed by atoms with van der Waals surface area (Å²) in [5.74, 6) is 0. The molecular formula is C8H15N3. The van der Waals surface area contributed by atoms with E-state index in [1.807, 2.05) is 38.4 Å². The Morgan fingerprint density at radius 2 is 2.27 bits per heavy atom.